The molecule has 144 valence electrons. The largest absolute Gasteiger partial charge is 0.493 e. The predicted octanol–water partition coefficient (Wildman–Crippen LogP) is 4.39. The predicted molar refractivity (Wildman–Crippen MR) is 110 cm³/mol. The van der Waals surface area contributed by atoms with Crippen LogP contribution in [0.1, 0.15) is 45.7 Å². The second kappa shape index (κ2) is 8.52. The molecule has 27 heavy (non-hydrogen) atoms. The molecule has 3 aromatic rings. The third kappa shape index (κ3) is 4.86. The zero-order chi connectivity index (χ0) is 19.4. The zero-order valence-corrected chi connectivity index (χ0v) is 17.0. The summed E-state index contributed by atoms with van der Waals surface area (Å²) < 4.78 is 7.39. The van der Waals surface area contributed by atoms with Gasteiger partial charge in [0.05, 0.1) is 12.6 Å². The molecule has 0 amide bonds. The van der Waals surface area contributed by atoms with Gasteiger partial charge in [0.1, 0.15) is 5.75 Å². The van der Waals surface area contributed by atoms with Gasteiger partial charge in [0.25, 0.3) is 5.56 Å². The molecule has 0 fully saturated rings. The van der Waals surface area contributed by atoms with Crippen molar-refractivity contribution >= 4 is 21.4 Å². The van der Waals surface area contributed by atoms with Crippen molar-refractivity contribution in [3.8, 4) is 5.75 Å². The van der Waals surface area contributed by atoms with Crippen molar-refractivity contribution in [2.75, 3.05) is 11.9 Å². The van der Waals surface area contributed by atoms with E-state index in [1.807, 2.05) is 18.2 Å². The molecule has 0 aliphatic carbocycles. The normalized spacial score (nSPS) is 12.7. The number of nitrogens with one attached hydrogen (secondary N) is 1. The van der Waals surface area contributed by atoms with Crippen molar-refractivity contribution in [1.82, 2.24) is 14.6 Å². The third-order valence-corrected chi connectivity index (χ3v) is 4.90. The number of nitrogens with zero attached hydrogens (tertiary/aromatic N) is 3. The molecule has 6 nitrogen and oxygen atoms in total. The van der Waals surface area contributed by atoms with Gasteiger partial charge in [0.15, 0.2) is 0 Å². The standard InChI is InChI=1S/C20H26N4O2S/c1-13(2)11-16(15-7-5-6-8-17(15)26-12-14(3)4)22-19-23-24-18(25)9-10-21-20(24)27-19/h5-10,13-14,16H,11-12H2,1-4H3,(H,22,23)/t16-/m1/s1. The molecule has 1 atom stereocenters. The number of benzene rings is 1. The fraction of sp³-hybridized carbons (Fsp3) is 0.450. The van der Waals surface area contributed by atoms with Gasteiger partial charge in [-0.15, -0.1) is 5.10 Å². The van der Waals surface area contributed by atoms with Gasteiger partial charge < -0.3 is 10.1 Å². The molecule has 0 saturated carbocycles. The summed E-state index contributed by atoms with van der Waals surface area (Å²) >= 11 is 1.37. The smallest absolute Gasteiger partial charge is 0.275 e. The SMILES string of the molecule is CC(C)COc1ccccc1[C@@H](CC(C)C)Nc1nn2c(=O)ccnc2s1. The summed E-state index contributed by atoms with van der Waals surface area (Å²) in [6.45, 7) is 9.33. The van der Waals surface area contributed by atoms with Gasteiger partial charge in [-0.1, -0.05) is 57.2 Å². The van der Waals surface area contributed by atoms with Crippen LogP contribution >= 0.6 is 11.3 Å². The molecule has 3 rings (SSSR count). The molecule has 2 aromatic heterocycles. The lowest BCUT2D eigenvalue weighted by molar-refractivity contribution is 0.267. The van der Waals surface area contributed by atoms with Crippen molar-refractivity contribution in [1.29, 1.82) is 0 Å². The van der Waals surface area contributed by atoms with Crippen LogP contribution in [0, 0.1) is 11.8 Å². The molecule has 7 heteroatoms. The van der Waals surface area contributed by atoms with Gasteiger partial charge in [-0.2, -0.15) is 4.52 Å². The van der Waals surface area contributed by atoms with Crippen LogP contribution in [0.25, 0.3) is 4.96 Å². The molecular weight excluding hydrogens is 360 g/mol. The van der Waals surface area contributed by atoms with Crippen LogP contribution in [0.5, 0.6) is 5.75 Å². The number of aromatic nitrogens is 3. The first-order valence-corrected chi connectivity index (χ1v) is 10.1. The number of hydrogen-bond acceptors (Lipinski definition) is 6. The molecule has 0 unspecified atom stereocenters. The number of ether oxygens (including phenoxy) is 1. The highest BCUT2D eigenvalue weighted by Gasteiger charge is 2.20. The lowest BCUT2D eigenvalue weighted by Crippen LogP contribution is -2.17. The fourth-order valence-electron chi connectivity index (χ4n) is 2.84. The van der Waals surface area contributed by atoms with E-state index in [1.54, 1.807) is 0 Å². The summed E-state index contributed by atoms with van der Waals surface area (Å²) in [7, 11) is 0. The van der Waals surface area contributed by atoms with E-state index in [-0.39, 0.29) is 11.6 Å². The van der Waals surface area contributed by atoms with Gasteiger partial charge in [0.2, 0.25) is 10.1 Å². The quantitative estimate of drug-likeness (QED) is 0.622. The maximum absolute atomic E-state index is 11.9. The summed E-state index contributed by atoms with van der Waals surface area (Å²) in [4.78, 5) is 16.8. The number of para-hydroxylation sites is 1. The van der Waals surface area contributed by atoms with Gasteiger partial charge in [-0.3, -0.25) is 4.79 Å². The first-order valence-electron chi connectivity index (χ1n) is 9.27. The lowest BCUT2D eigenvalue weighted by Gasteiger charge is -2.23. The molecular formula is C20H26N4O2S. The van der Waals surface area contributed by atoms with Crippen LogP contribution < -0.4 is 15.6 Å². The van der Waals surface area contributed by atoms with Gasteiger partial charge >= 0.3 is 0 Å². The average Bonchev–Trinajstić information content (AvgIpc) is 3.03. The van der Waals surface area contributed by atoms with E-state index in [9.17, 15) is 4.79 Å². The van der Waals surface area contributed by atoms with Gasteiger partial charge in [-0.05, 0) is 24.3 Å². The zero-order valence-electron chi connectivity index (χ0n) is 16.2. The summed E-state index contributed by atoms with van der Waals surface area (Å²) in [6, 6.07) is 9.57. The van der Waals surface area contributed by atoms with Crippen molar-refractivity contribution in [2.24, 2.45) is 11.8 Å². The van der Waals surface area contributed by atoms with Crippen molar-refractivity contribution in [3.05, 3.63) is 52.4 Å². The van der Waals surface area contributed by atoms with E-state index >= 15 is 0 Å². The van der Waals surface area contributed by atoms with Crippen LogP contribution in [0.3, 0.4) is 0 Å². The Balaban J connectivity index is 1.92. The van der Waals surface area contributed by atoms with E-state index in [2.05, 4.69) is 49.2 Å². The van der Waals surface area contributed by atoms with Crippen molar-refractivity contribution in [2.45, 2.75) is 40.2 Å². The van der Waals surface area contributed by atoms with Gasteiger partial charge in [0, 0.05) is 17.8 Å². The molecule has 0 radical (unpaired) electrons. The maximum atomic E-state index is 11.9. The van der Waals surface area contributed by atoms with Crippen molar-refractivity contribution in [3.63, 3.8) is 0 Å². The second-order valence-electron chi connectivity index (χ2n) is 7.45. The lowest BCUT2D eigenvalue weighted by atomic mass is 9.96. The molecule has 1 N–H and O–H groups in total. The summed E-state index contributed by atoms with van der Waals surface area (Å²) in [5, 5.41) is 8.57. The highest BCUT2D eigenvalue weighted by atomic mass is 32.1. The molecule has 0 bridgehead atoms. The molecule has 1 aromatic carbocycles. The fourth-order valence-corrected chi connectivity index (χ4v) is 3.67. The number of anilines is 1. The molecule has 0 aliphatic rings. The number of rotatable bonds is 8. The van der Waals surface area contributed by atoms with E-state index < -0.39 is 0 Å². The van der Waals surface area contributed by atoms with E-state index in [4.69, 9.17) is 4.74 Å². The molecule has 0 saturated heterocycles. The summed E-state index contributed by atoms with van der Waals surface area (Å²) in [5.74, 6) is 1.83. The third-order valence-electron chi connectivity index (χ3n) is 4.04. The number of fused-ring (bicyclic) bond motifs is 1. The molecule has 2 heterocycles. The minimum atomic E-state index is -0.176. The Labute approximate surface area is 163 Å². The highest BCUT2D eigenvalue weighted by molar-refractivity contribution is 7.20. The van der Waals surface area contributed by atoms with E-state index in [0.717, 1.165) is 17.7 Å². The van der Waals surface area contributed by atoms with Crippen LogP contribution in [0.2, 0.25) is 0 Å². The second-order valence-corrected chi connectivity index (χ2v) is 8.41. The summed E-state index contributed by atoms with van der Waals surface area (Å²) in [5.41, 5.74) is 0.928. The van der Waals surface area contributed by atoms with Crippen LogP contribution in [0.15, 0.2) is 41.3 Å². The van der Waals surface area contributed by atoms with Crippen LogP contribution in [-0.2, 0) is 0 Å². The van der Waals surface area contributed by atoms with Crippen LogP contribution in [0.4, 0.5) is 5.13 Å². The minimum absolute atomic E-state index is 0.0321. The monoisotopic (exact) mass is 386 g/mol. The Morgan fingerprint density at radius 3 is 2.63 bits per heavy atom. The van der Waals surface area contributed by atoms with Crippen LogP contribution in [-0.4, -0.2) is 21.2 Å². The Morgan fingerprint density at radius 2 is 1.93 bits per heavy atom. The average molecular weight is 387 g/mol. The minimum Gasteiger partial charge on any atom is -0.493 e. The molecule has 0 aliphatic heterocycles. The first kappa shape index (κ1) is 19.4. The molecule has 0 spiro atoms. The van der Waals surface area contributed by atoms with Gasteiger partial charge in [-0.25, -0.2) is 4.98 Å². The Bertz CT molecular complexity index is 948. The number of hydrogen-bond donors (Lipinski definition) is 1. The highest BCUT2D eigenvalue weighted by Crippen LogP contribution is 2.33. The van der Waals surface area contributed by atoms with Crippen molar-refractivity contribution < 1.29 is 4.74 Å². The van der Waals surface area contributed by atoms with E-state index in [0.29, 0.717) is 28.5 Å². The Hall–Kier alpha value is -2.41. The Morgan fingerprint density at radius 1 is 1.15 bits per heavy atom. The topological polar surface area (TPSA) is 68.5 Å². The summed E-state index contributed by atoms with van der Waals surface area (Å²) in [6.07, 6.45) is 2.43. The Kier molecular flexibility index (Phi) is 6.11. The maximum Gasteiger partial charge on any atom is 0.275 e. The van der Waals surface area contributed by atoms with E-state index in [1.165, 1.54) is 28.1 Å². The first-order chi connectivity index (χ1) is 12.9.